The molecule has 10 heteroatoms. The van der Waals surface area contributed by atoms with Gasteiger partial charge in [0, 0.05) is 27.7 Å². The lowest BCUT2D eigenvalue weighted by Crippen LogP contribution is -2.51. The molecule has 2 heterocycles. The van der Waals surface area contributed by atoms with Crippen molar-refractivity contribution in [3.05, 3.63) is 76.7 Å². The molecule has 1 aromatic heterocycles. The standard InChI is InChI=1S/C26H25BrF2N4O3/c1-14(2)23(32-26(35)36-3)25(34)33-10-4-5-22(33)24-30-13-21(31-24)15-6-8-17(19(28)11-15)18-9-7-16(27)12-20(18)29/h4-9,11-14,22-23H,10H2,1-3H3,(H,30,31)(H,32,35)/t22-,23-/m0/s1. The van der Waals surface area contributed by atoms with Gasteiger partial charge in [-0.15, -0.1) is 0 Å². The number of hydrogen-bond donors (Lipinski definition) is 2. The number of alkyl carbamates (subject to hydrolysis) is 1. The van der Waals surface area contributed by atoms with Crippen LogP contribution in [0.15, 0.2) is 59.2 Å². The number of imidazole rings is 1. The summed E-state index contributed by atoms with van der Waals surface area (Å²) in [5.41, 5.74) is 1.39. The van der Waals surface area contributed by atoms with E-state index in [0.29, 0.717) is 28.1 Å². The second kappa shape index (κ2) is 10.6. The molecule has 7 nitrogen and oxygen atoms in total. The number of nitrogens with one attached hydrogen (secondary N) is 2. The summed E-state index contributed by atoms with van der Waals surface area (Å²) in [4.78, 5) is 34.2. The number of carbonyl (C=O) groups excluding carboxylic acids is 2. The van der Waals surface area contributed by atoms with Crippen molar-refractivity contribution >= 4 is 27.9 Å². The number of H-pyrrole nitrogens is 1. The largest absolute Gasteiger partial charge is 0.453 e. The maximum Gasteiger partial charge on any atom is 0.407 e. The van der Waals surface area contributed by atoms with Gasteiger partial charge in [0.2, 0.25) is 5.91 Å². The average Bonchev–Trinajstić information content (AvgIpc) is 3.52. The molecule has 36 heavy (non-hydrogen) atoms. The van der Waals surface area contributed by atoms with Gasteiger partial charge in [-0.2, -0.15) is 0 Å². The average molecular weight is 559 g/mol. The number of rotatable bonds is 6. The summed E-state index contributed by atoms with van der Waals surface area (Å²) < 4.78 is 34.5. The summed E-state index contributed by atoms with van der Waals surface area (Å²) in [6, 6.07) is 7.73. The Hall–Kier alpha value is -3.53. The molecule has 3 aromatic rings. The van der Waals surface area contributed by atoms with Crippen LogP contribution in [-0.2, 0) is 9.53 Å². The Bertz CT molecular complexity index is 1320. The number of carbonyl (C=O) groups is 2. The maximum atomic E-state index is 15.0. The third kappa shape index (κ3) is 5.18. The van der Waals surface area contributed by atoms with Crippen molar-refractivity contribution < 1.29 is 23.1 Å². The summed E-state index contributed by atoms with van der Waals surface area (Å²) in [5, 5.41) is 2.60. The summed E-state index contributed by atoms with van der Waals surface area (Å²) in [6.07, 6.45) is 4.57. The van der Waals surface area contributed by atoms with E-state index in [1.54, 1.807) is 23.2 Å². The molecule has 0 radical (unpaired) electrons. The van der Waals surface area contributed by atoms with Crippen LogP contribution in [0.5, 0.6) is 0 Å². The Morgan fingerprint density at radius 2 is 1.86 bits per heavy atom. The van der Waals surface area contributed by atoms with Crippen LogP contribution < -0.4 is 5.32 Å². The highest BCUT2D eigenvalue weighted by atomic mass is 79.9. The minimum atomic E-state index is -0.769. The molecule has 0 aliphatic carbocycles. The van der Waals surface area contributed by atoms with Crippen molar-refractivity contribution in [3.63, 3.8) is 0 Å². The van der Waals surface area contributed by atoms with Gasteiger partial charge in [-0.3, -0.25) is 4.79 Å². The van der Waals surface area contributed by atoms with Crippen molar-refractivity contribution in [2.24, 2.45) is 5.92 Å². The summed E-state index contributed by atoms with van der Waals surface area (Å²) in [6.45, 7) is 4.02. The predicted octanol–water partition coefficient (Wildman–Crippen LogP) is 5.60. The Morgan fingerprint density at radius 3 is 2.50 bits per heavy atom. The van der Waals surface area contributed by atoms with Gasteiger partial charge in [0.05, 0.1) is 19.0 Å². The van der Waals surface area contributed by atoms with Crippen molar-refractivity contribution in [3.8, 4) is 22.4 Å². The van der Waals surface area contributed by atoms with E-state index in [9.17, 15) is 18.4 Å². The normalized spacial score (nSPS) is 15.9. The van der Waals surface area contributed by atoms with E-state index in [1.807, 2.05) is 26.0 Å². The van der Waals surface area contributed by atoms with E-state index < -0.39 is 29.8 Å². The molecule has 0 saturated carbocycles. The molecule has 1 aliphatic heterocycles. The molecule has 188 valence electrons. The fourth-order valence-corrected chi connectivity index (χ4v) is 4.44. The van der Waals surface area contributed by atoms with Crippen LogP contribution in [0.25, 0.3) is 22.4 Å². The smallest absolute Gasteiger partial charge is 0.407 e. The lowest BCUT2D eigenvalue weighted by molar-refractivity contribution is -0.135. The van der Waals surface area contributed by atoms with Gasteiger partial charge in [0.1, 0.15) is 29.5 Å². The number of methoxy groups -OCH3 is 1. The minimum absolute atomic E-state index is 0.150. The molecule has 0 spiro atoms. The molecule has 0 unspecified atom stereocenters. The van der Waals surface area contributed by atoms with Crippen molar-refractivity contribution in [1.82, 2.24) is 20.2 Å². The zero-order valence-corrected chi connectivity index (χ0v) is 21.5. The van der Waals surface area contributed by atoms with E-state index in [1.165, 1.54) is 31.4 Å². The van der Waals surface area contributed by atoms with Crippen molar-refractivity contribution in [2.45, 2.75) is 25.9 Å². The highest BCUT2D eigenvalue weighted by Crippen LogP contribution is 2.32. The van der Waals surface area contributed by atoms with Gasteiger partial charge in [-0.05, 0) is 24.1 Å². The van der Waals surface area contributed by atoms with E-state index >= 15 is 0 Å². The molecular weight excluding hydrogens is 534 g/mol. The Morgan fingerprint density at radius 1 is 1.17 bits per heavy atom. The molecule has 2 aromatic carbocycles. The molecule has 2 amide bonds. The Kier molecular flexibility index (Phi) is 7.53. The fraction of sp³-hybridized carbons (Fsp3) is 0.269. The van der Waals surface area contributed by atoms with Crippen molar-refractivity contribution in [1.29, 1.82) is 0 Å². The molecule has 1 aliphatic rings. The summed E-state index contributed by atoms with van der Waals surface area (Å²) in [7, 11) is 1.24. The lowest BCUT2D eigenvalue weighted by atomic mass is 10.0. The van der Waals surface area contributed by atoms with Crippen LogP contribution in [0.3, 0.4) is 0 Å². The number of benzene rings is 2. The summed E-state index contributed by atoms with van der Waals surface area (Å²) >= 11 is 3.20. The van der Waals surface area contributed by atoms with Gasteiger partial charge < -0.3 is 19.9 Å². The predicted molar refractivity (Wildman–Crippen MR) is 135 cm³/mol. The summed E-state index contributed by atoms with van der Waals surface area (Å²) in [5.74, 6) is -1.04. The number of halogens is 3. The zero-order valence-electron chi connectivity index (χ0n) is 19.9. The van der Waals surface area contributed by atoms with Gasteiger partial charge in [0.25, 0.3) is 0 Å². The van der Waals surface area contributed by atoms with E-state index in [-0.39, 0.29) is 23.0 Å². The first kappa shape index (κ1) is 25.6. The minimum Gasteiger partial charge on any atom is -0.453 e. The zero-order chi connectivity index (χ0) is 26.0. The monoisotopic (exact) mass is 558 g/mol. The molecule has 0 fully saturated rings. The van der Waals surface area contributed by atoms with E-state index in [0.717, 1.165) is 0 Å². The Balaban J connectivity index is 1.56. The molecule has 0 saturated heterocycles. The first-order valence-electron chi connectivity index (χ1n) is 11.3. The first-order valence-corrected chi connectivity index (χ1v) is 12.1. The van der Waals surface area contributed by atoms with Gasteiger partial charge in [0.15, 0.2) is 0 Å². The maximum absolute atomic E-state index is 15.0. The van der Waals surface area contributed by atoms with Crippen molar-refractivity contribution in [2.75, 3.05) is 13.7 Å². The number of nitrogens with zero attached hydrogens (tertiary/aromatic N) is 2. The van der Waals surface area contributed by atoms with E-state index in [4.69, 9.17) is 0 Å². The molecule has 4 rings (SSSR count). The Labute approximate surface area is 215 Å². The quantitative estimate of drug-likeness (QED) is 0.385. The molecule has 2 N–H and O–H groups in total. The van der Waals surface area contributed by atoms with Crippen LogP contribution in [-0.4, -0.2) is 46.6 Å². The van der Waals surface area contributed by atoms with Gasteiger partial charge in [-0.25, -0.2) is 18.6 Å². The molecule has 0 bridgehead atoms. The van der Waals surface area contributed by atoms with Crippen LogP contribution in [0.1, 0.15) is 25.7 Å². The van der Waals surface area contributed by atoms with Gasteiger partial charge >= 0.3 is 6.09 Å². The van der Waals surface area contributed by atoms with Crippen LogP contribution >= 0.6 is 15.9 Å². The number of aromatic nitrogens is 2. The topological polar surface area (TPSA) is 87.3 Å². The fourth-order valence-electron chi connectivity index (χ4n) is 4.11. The van der Waals surface area contributed by atoms with Gasteiger partial charge in [-0.1, -0.05) is 60.1 Å². The first-order chi connectivity index (χ1) is 17.2. The lowest BCUT2D eigenvalue weighted by Gasteiger charge is -2.29. The third-order valence-electron chi connectivity index (χ3n) is 6.01. The number of hydrogen-bond acceptors (Lipinski definition) is 4. The number of ether oxygens (including phenoxy) is 1. The second-order valence-corrected chi connectivity index (χ2v) is 9.64. The van der Waals surface area contributed by atoms with Crippen LogP contribution in [0, 0.1) is 17.6 Å². The van der Waals surface area contributed by atoms with E-state index in [2.05, 4.69) is 36.0 Å². The SMILES string of the molecule is COC(=O)N[C@H](C(=O)N1CC=C[C@H]1c1ncc(-c2ccc(-c3ccc(Br)cc3F)c(F)c2)[nH]1)C(C)C. The number of amides is 2. The highest BCUT2D eigenvalue weighted by Gasteiger charge is 2.35. The highest BCUT2D eigenvalue weighted by molar-refractivity contribution is 9.10. The number of aromatic amines is 1. The molecular formula is C26H25BrF2N4O3. The van der Waals surface area contributed by atoms with Crippen LogP contribution in [0.4, 0.5) is 13.6 Å². The molecule has 2 atom stereocenters. The second-order valence-electron chi connectivity index (χ2n) is 8.72. The van der Waals surface area contributed by atoms with Crippen LogP contribution in [0.2, 0.25) is 0 Å². The third-order valence-corrected chi connectivity index (χ3v) is 6.50.